The molecule has 0 saturated carbocycles. The zero-order valence-corrected chi connectivity index (χ0v) is 11.4. The van der Waals surface area contributed by atoms with Gasteiger partial charge in [-0.05, 0) is 30.5 Å². The van der Waals surface area contributed by atoms with Gasteiger partial charge in [0.1, 0.15) is 0 Å². The molecule has 0 aliphatic rings. The van der Waals surface area contributed by atoms with Crippen LogP contribution < -0.4 is 5.32 Å². The van der Waals surface area contributed by atoms with Gasteiger partial charge in [-0.15, -0.1) is 0 Å². The number of benzene rings is 1. The van der Waals surface area contributed by atoms with Gasteiger partial charge in [0, 0.05) is 6.04 Å². The Morgan fingerprint density at radius 1 is 1.18 bits per heavy atom. The summed E-state index contributed by atoms with van der Waals surface area (Å²) in [5.41, 5.74) is 2.74. The van der Waals surface area contributed by atoms with E-state index in [1.807, 2.05) is 0 Å². The Labute approximate surface area is 106 Å². The highest BCUT2D eigenvalue weighted by Crippen LogP contribution is 2.08. The highest BCUT2D eigenvalue weighted by molar-refractivity contribution is 5.49. The van der Waals surface area contributed by atoms with E-state index in [-0.39, 0.29) is 0 Å². The quantitative estimate of drug-likeness (QED) is 0.698. The van der Waals surface area contributed by atoms with Crippen molar-refractivity contribution >= 4 is 6.08 Å². The van der Waals surface area contributed by atoms with Gasteiger partial charge in [0.05, 0.1) is 0 Å². The van der Waals surface area contributed by atoms with Crippen molar-refractivity contribution in [3.05, 3.63) is 41.5 Å². The second kappa shape index (κ2) is 8.08. The summed E-state index contributed by atoms with van der Waals surface area (Å²) in [5.74, 6) is 0. The van der Waals surface area contributed by atoms with Crippen molar-refractivity contribution in [3.8, 4) is 0 Å². The molecule has 1 N–H and O–H groups in total. The maximum Gasteiger partial charge on any atom is 0.00105 e. The third kappa shape index (κ3) is 6.28. The van der Waals surface area contributed by atoms with Crippen LogP contribution in [0.25, 0.3) is 6.08 Å². The van der Waals surface area contributed by atoms with Gasteiger partial charge in [-0.3, -0.25) is 0 Å². The van der Waals surface area contributed by atoms with E-state index in [1.165, 1.54) is 24.0 Å². The summed E-state index contributed by atoms with van der Waals surface area (Å²) < 4.78 is 0. The van der Waals surface area contributed by atoms with Crippen molar-refractivity contribution in [2.45, 2.75) is 46.1 Å². The van der Waals surface area contributed by atoms with Crippen LogP contribution in [0.5, 0.6) is 0 Å². The van der Waals surface area contributed by atoms with Gasteiger partial charge in [-0.25, -0.2) is 0 Å². The molecule has 1 nitrogen and oxygen atoms in total. The van der Waals surface area contributed by atoms with Crippen LogP contribution in [0.3, 0.4) is 0 Å². The molecule has 1 aromatic rings. The summed E-state index contributed by atoms with van der Waals surface area (Å²) in [7, 11) is 0. The Kier molecular flexibility index (Phi) is 6.64. The third-order valence-corrected chi connectivity index (χ3v) is 2.69. The SMILES string of the molecule is CCCc1ccc(C=CCCNC(C)C)cc1. The van der Waals surface area contributed by atoms with Gasteiger partial charge >= 0.3 is 0 Å². The molecule has 94 valence electrons. The second-order valence-electron chi connectivity index (χ2n) is 4.79. The molecule has 1 rings (SSSR count). The summed E-state index contributed by atoms with van der Waals surface area (Å²) in [4.78, 5) is 0. The van der Waals surface area contributed by atoms with E-state index in [4.69, 9.17) is 0 Å². The average molecular weight is 231 g/mol. The standard InChI is InChI=1S/C16H25N/c1-4-7-15-9-11-16(12-10-15)8-5-6-13-17-14(2)3/h5,8-12,14,17H,4,6-7,13H2,1-3H3. The molecule has 0 fully saturated rings. The van der Waals surface area contributed by atoms with Gasteiger partial charge in [-0.2, -0.15) is 0 Å². The highest BCUT2D eigenvalue weighted by atomic mass is 14.9. The summed E-state index contributed by atoms with van der Waals surface area (Å²) >= 11 is 0. The van der Waals surface area contributed by atoms with E-state index >= 15 is 0 Å². The number of nitrogens with one attached hydrogen (secondary N) is 1. The molecule has 0 bridgehead atoms. The molecule has 0 aliphatic carbocycles. The van der Waals surface area contributed by atoms with E-state index in [9.17, 15) is 0 Å². The third-order valence-electron chi connectivity index (χ3n) is 2.69. The highest BCUT2D eigenvalue weighted by Gasteiger charge is 1.91. The van der Waals surface area contributed by atoms with Crippen molar-refractivity contribution < 1.29 is 0 Å². The molecule has 1 heteroatoms. The predicted molar refractivity (Wildman–Crippen MR) is 77.2 cm³/mol. The topological polar surface area (TPSA) is 12.0 Å². The number of aryl methyl sites for hydroxylation is 1. The minimum atomic E-state index is 0.580. The van der Waals surface area contributed by atoms with Crippen molar-refractivity contribution in [2.24, 2.45) is 0 Å². The smallest absolute Gasteiger partial charge is 0.00105 e. The van der Waals surface area contributed by atoms with Crippen LogP contribution in [-0.2, 0) is 6.42 Å². The summed E-state index contributed by atoms with van der Waals surface area (Å²) in [6, 6.07) is 9.46. The molecule has 0 aliphatic heterocycles. The first-order valence-electron chi connectivity index (χ1n) is 6.71. The van der Waals surface area contributed by atoms with E-state index in [0.29, 0.717) is 6.04 Å². The van der Waals surface area contributed by atoms with Crippen LogP contribution in [-0.4, -0.2) is 12.6 Å². The van der Waals surface area contributed by atoms with Crippen molar-refractivity contribution in [1.82, 2.24) is 5.32 Å². The fourth-order valence-electron chi connectivity index (χ4n) is 1.76. The maximum absolute atomic E-state index is 3.41. The van der Waals surface area contributed by atoms with Gasteiger partial charge in [0.15, 0.2) is 0 Å². The molecular formula is C16H25N. The first-order chi connectivity index (χ1) is 8.22. The minimum absolute atomic E-state index is 0.580. The van der Waals surface area contributed by atoms with E-state index in [2.05, 4.69) is 62.5 Å². The van der Waals surface area contributed by atoms with Gasteiger partial charge < -0.3 is 5.32 Å². The van der Waals surface area contributed by atoms with Gasteiger partial charge in [-0.1, -0.05) is 63.6 Å². The molecule has 0 radical (unpaired) electrons. The van der Waals surface area contributed by atoms with Gasteiger partial charge in [0.2, 0.25) is 0 Å². The van der Waals surface area contributed by atoms with Crippen LogP contribution >= 0.6 is 0 Å². The first kappa shape index (κ1) is 14.0. The Bertz CT molecular complexity index is 322. The monoisotopic (exact) mass is 231 g/mol. The van der Waals surface area contributed by atoms with Gasteiger partial charge in [0.25, 0.3) is 0 Å². The van der Waals surface area contributed by atoms with Crippen LogP contribution in [0.4, 0.5) is 0 Å². The fourth-order valence-corrected chi connectivity index (χ4v) is 1.76. The van der Waals surface area contributed by atoms with E-state index in [0.717, 1.165) is 13.0 Å². The Morgan fingerprint density at radius 3 is 2.47 bits per heavy atom. The summed E-state index contributed by atoms with van der Waals surface area (Å²) in [6.45, 7) is 7.63. The lowest BCUT2D eigenvalue weighted by Gasteiger charge is -2.04. The Balaban J connectivity index is 2.33. The second-order valence-corrected chi connectivity index (χ2v) is 4.79. The average Bonchev–Trinajstić information content (AvgIpc) is 2.31. The lowest BCUT2D eigenvalue weighted by Crippen LogP contribution is -2.23. The molecule has 17 heavy (non-hydrogen) atoms. The molecule has 1 aromatic carbocycles. The maximum atomic E-state index is 3.41. The van der Waals surface area contributed by atoms with Crippen molar-refractivity contribution in [3.63, 3.8) is 0 Å². The molecule has 0 heterocycles. The zero-order valence-electron chi connectivity index (χ0n) is 11.4. The molecular weight excluding hydrogens is 206 g/mol. The number of hydrogen-bond donors (Lipinski definition) is 1. The molecule has 0 atom stereocenters. The van der Waals surface area contributed by atoms with Crippen LogP contribution in [0.2, 0.25) is 0 Å². The van der Waals surface area contributed by atoms with E-state index < -0.39 is 0 Å². The Hall–Kier alpha value is -1.08. The molecule has 0 saturated heterocycles. The van der Waals surface area contributed by atoms with Crippen molar-refractivity contribution in [2.75, 3.05) is 6.54 Å². The van der Waals surface area contributed by atoms with Crippen LogP contribution in [0, 0.1) is 0 Å². The summed E-state index contributed by atoms with van der Waals surface area (Å²) in [5, 5.41) is 3.41. The lowest BCUT2D eigenvalue weighted by atomic mass is 10.1. The largest absolute Gasteiger partial charge is 0.314 e. The molecule has 0 unspecified atom stereocenters. The van der Waals surface area contributed by atoms with E-state index in [1.54, 1.807) is 0 Å². The minimum Gasteiger partial charge on any atom is -0.314 e. The normalized spacial score (nSPS) is 11.5. The summed E-state index contributed by atoms with van der Waals surface area (Å²) in [6.07, 6.45) is 7.94. The number of rotatable bonds is 7. The predicted octanol–water partition coefficient (Wildman–Crippen LogP) is 4.04. The van der Waals surface area contributed by atoms with Crippen molar-refractivity contribution in [1.29, 1.82) is 0 Å². The fraction of sp³-hybridized carbons (Fsp3) is 0.500. The molecule has 0 aromatic heterocycles. The van der Waals surface area contributed by atoms with Crippen LogP contribution in [0.1, 0.15) is 44.7 Å². The zero-order chi connectivity index (χ0) is 12.5. The first-order valence-corrected chi connectivity index (χ1v) is 6.71. The lowest BCUT2D eigenvalue weighted by molar-refractivity contribution is 0.595. The Morgan fingerprint density at radius 2 is 1.88 bits per heavy atom. The molecule has 0 spiro atoms. The number of hydrogen-bond acceptors (Lipinski definition) is 1. The molecule has 0 amide bonds. The van der Waals surface area contributed by atoms with Crippen LogP contribution in [0.15, 0.2) is 30.3 Å².